The van der Waals surface area contributed by atoms with Gasteiger partial charge in [0.25, 0.3) is 5.91 Å². The number of fused-ring (bicyclic) bond motifs is 1. The maximum Gasteiger partial charge on any atom is 0.265 e. The molecule has 0 radical (unpaired) electrons. The Balaban J connectivity index is 1.49. The van der Waals surface area contributed by atoms with Crippen molar-refractivity contribution >= 4 is 40.9 Å². The zero-order valence-corrected chi connectivity index (χ0v) is 18.6. The lowest BCUT2D eigenvalue weighted by Crippen LogP contribution is -2.35. The molecule has 32 heavy (non-hydrogen) atoms. The van der Waals surface area contributed by atoms with Crippen molar-refractivity contribution in [3.8, 4) is 0 Å². The van der Waals surface area contributed by atoms with Crippen LogP contribution in [-0.4, -0.2) is 18.4 Å². The highest BCUT2D eigenvalue weighted by molar-refractivity contribution is 8.04. The van der Waals surface area contributed by atoms with Crippen molar-refractivity contribution in [2.75, 3.05) is 11.4 Å². The van der Waals surface area contributed by atoms with Crippen molar-refractivity contribution in [3.63, 3.8) is 0 Å². The Hall–Kier alpha value is -3.09. The first kappa shape index (κ1) is 22.1. The number of para-hydroxylation sites is 1. The first-order chi connectivity index (χ1) is 15.5. The summed E-state index contributed by atoms with van der Waals surface area (Å²) in [5, 5.41) is 3.48. The van der Waals surface area contributed by atoms with Crippen molar-refractivity contribution < 1.29 is 14.0 Å². The van der Waals surface area contributed by atoms with Gasteiger partial charge in [-0.1, -0.05) is 65.8 Å². The van der Waals surface area contributed by atoms with Crippen molar-refractivity contribution in [1.29, 1.82) is 0 Å². The first-order valence-electron chi connectivity index (χ1n) is 10.1. The molecule has 0 fully saturated rings. The third-order valence-corrected chi connectivity index (χ3v) is 6.34. The van der Waals surface area contributed by atoms with Gasteiger partial charge in [0, 0.05) is 28.1 Å². The molecule has 1 aliphatic rings. The zero-order chi connectivity index (χ0) is 22.5. The average Bonchev–Trinajstić information content (AvgIpc) is 2.79. The maximum absolute atomic E-state index is 14.2. The number of amides is 2. The Morgan fingerprint density at radius 2 is 1.75 bits per heavy atom. The lowest BCUT2D eigenvalue weighted by molar-refractivity contribution is -0.118. The minimum Gasteiger partial charge on any atom is -0.352 e. The molecule has 0 unspecified atom stereocenters. The van der Waals surface area contributed by atoms with E-state index in [1.807, 2.05) is 36.4 Å². The quantitative estimate of drug-likeness (QED) is 0.497. The second-order valence-electron chi connectivity index (χ2n) is 7.23. The van der Waals surface area contributed by atoms with E-state index in [1.54, 1.807) is 30.3 Å². The molecule has 0 atom stereocenters. The minimum atomic E-state index is -0.374. The van der Waals surface area contributed by atoms with Crippen molar-refractivity contribution in [2.45, 2.75) is 17.9 Å². The molecule has 0 saturated heterocycles. The van der Waals surface area contributed by atoms with Crippen LogP contribution >= 0.6 is 23.4 Å². The number of nitrogens with zero attached hydrogens (tertiary/aromatic N) is 1. The molecule has 1 heterocycles. The smallest absolute Gasteiger partial charge is 0.265 e. The lowest BCUT2D eigenvalue weighted by Gasteiger charge is -2.30. The molecule has 162 valence electrons. The largest absolute Gasteiger partial charge is 0.352 e. The number of halogens is 2. The third kappa shape index (κ3) is 5.21. The van der Waals surface area contributed by atoms with Crippen LogP contribution in [0.25, 0.3) is 0 Å². The highest BCUT2D eigenvalue weighted by atomic mass is 35.5. The van der Waals surface area contributed by atoms with Crippen molar-refractivity contribution in [2.24, 2.45) is 0 Å². The molecule has 0 aromatic heterocycles. The molecule has 0 spiro atoms. The molecular weight excluding hydrogens is 447 g/mol. The maximum atomic E-state index is 14.2. The van der Waals surface area contributed by atoms with Crippen LogP contribution < -0.4 is 10.2 Å². The standard InChI is InChI=1S/C25H20ClFN2O2S/c26-19-11-9-17(10-12-19)13-14-28-24(30)15-23-25(31)29(16-18-5-1-2-6-20(18)27)21-7-3-4-8-22(21)32-23/h1-12,15H,13-14,16H2,(H,28,30)/b23-15-. The predicted molar refractivity (Wildman–Crippen MR) is 126 cm³/mol. The number of carbonyl (C=O) groups is 2. The Labute approximate surface area is 195 Å². The van der Waals surface area contributed by atoms with Crippen LogP contribution in [0.4, 0.5) is 10.1 Å². The first-order valence-corrected chi connectivity index (χ1v) is 11.3. The van der Waals surface area contributed by atoms with Gasteiger partial charge in [-0.15, -0.1) is 0 Å². The van der Waals surface area contributed by atoms with Crippen LogP contribution in [0.5, 0.6) is 0 Å². The summed E-state index contributed by atoms with van der Waals surface area (Å²) in [6.45, 7) is 0.511. The Bertz CT molecular complexity index is 1180. The van der Waals surface area contributed by atoms with Gasteiger partial charge < -0.3 is 10.2 Å². The Morgan fingerprint density at radius 3 is 2.53 bits per heavy atom. The second kappa shape index (κ2) is 10.0. The number of thioether (sulfide) groups is 1. The van der Waals surface area contributed by atoms with Crippen LogP contribution in [0.2, 0.25) is 5.02 Å². The normalized spacial score (nSPS) is 14.4. The molecule has 3 aromatic rings. The molecule has 7 heteroatoms. The van der Waals surface area contributed by atoms with E-state index in [9.17, 15) is 14.0 Å². The topological polar surface area (TPSA) is 49.4 Å². The van der Waals surface area contributed by atoms with Gasteiger partial charge in [0.15, 0.2) is 0 Å². The Kier molecular flexibility index (Phi) is 6.93. The SMILES string of the molecule is O=C(/C=C1\Sc2ccccc2N(Cc2ccccc2F)C1=O)NCCc1ccc(Cl)cc1. The van der Waals surface area contributed by atoms with Crippen LogP contribution in [0.3, 0.4) is 0 Å². The van der Waals surface area contributed by atoms with E-state index >= 15 is 0 Å². The fraction of sp³-hybridized carbons (Fsp3) is 0.120. The Morgan fingerprint density at radius 1 is 1.03 bits per heavy atom. The van der Waals surface area contributed by atoms with Gasteiger partial charge in [0.05, 0.1) is 17.1 Å². The third-order valence-electron chi connectivity index (χ3n) is 5.01. The van der Waals surface area contributed by atoms with Crippen LogP contribution in [0, 0.1) is 5.82 Å². The predicted octanol–water partition coefficient (Wildman–Crippen LogP) is 5.36. The summed E-state index contributed by atoms with van der Waals surface area (Å²) >= 11 is 7.13. The molecule has 1 N–H and O–H groups in total. The minimum absolute atomic E-state index is 0.0820. The summed E-state index contributed by atoms with van der Waals surface area (Å²) in [5.74, 6) is -1.05. The van der Waals surface area contributed by atoms with Crippen LogP contribution in [-0.2, 0) is 22.6 Å². The number of anilines is 1. The molecule has 0 aliphatic carbocycles. The van der Waals surface area contributed by atoms with Gasteiger partial charge in [-0.25, -0.2) is 4.39 Å². The highest BCUT2D eigenvalue weighted by Gasteiger charge is 2.30. The fourth-order valence-corrected chi connectivity index (χ4v) is 4.52. The van der Waals surface area contributed by atoms with Crippen molar-refractivity contribution in [3.05, 3.63) is 106 Å². The molecule has 3 aromatic carbocycles. The highest BCUT2D eigenvalue weighted by Crippen LogP contribution is 2.41. The number of rotatable bonds is 6. The fourth-order valence-electron chi connectivity index (χ4n) is 3.37. The molecule has 4 nitrogen and oxygen atoms in total. The van der Waals surface area contributed by atoms with E-state index in [-0.39, 0.29) is 24.2 Å². The van der Waals surface area contributed by atoms with Crippen LogP contribution in [0.1, 0.15) is 11.1 Å². The van der Waals surface area contributed by atoms with Gasteiger partial charge in [-0.2, -0.15) is 0 Å². The number of benzene rings is 3. The van der Waals surface area contributed by atoms with Gasteiger partial charge in [-0.05, 0) is 42.3 Å². The van der Waals surface area contributed by atoms with E-state index in [0.717, 1.165) is 10.5 Å². The lowest BCUT2D eigenvalue weighted by atomic mass is 10.1. The summed E-state index contributed by atoms with van der Waals surface area (Å²) in [6.07, 6.45) is 1.97. The van der Waals surface area contributed by atoms with E-state index < -0.39 is 0 Å². The van der Waals surface area contributed by atoms with Gasteiger partial charge in [0.2, 0.25) is 5.91 Å². The van der Waals surface area contributed by atoms with E-state index in [4.69, 9.17) is 11.6 Å². The van der Waals surface area contributed by atoms with E-state index in [0.29, 0.717) is 34.1 Å². The summed E-state index contributed by atoms with van der Waals surface area (Å²) < 4.78 is 14.2. The summed E-state index contributed by atoms with van der Waals surface area (Å²) in [6, 6.07) is 21.2. The van der Waals surface area contributed by atoms with Gasteiger partial charge >= 0.3 is 0 Å². The monoisotopic (exact) mass is 466 g/mol. The molecule has 4 rings (SSSR count). The van der Waals surface area contributed by atoms with Crippen LogP contribution in [0.15, 0.2) is 88.7 Å². The summed E-state index contributed by atoms with van der Waals surface area (Å²) in [4.78, 5) is 28.3. The molecule has 0 saturated carbocycles. The zero-order valence-electron chi connectivity index (χ0n) is 17.1. The number of nitrogens with one attached hydrogen (secondary N) is 1. The number of hydrogen-bond acceptors (Lipinski definition) is 3. The van der Waals surface area contributed by atoms with E-state index in [1.165, 1.54) is 28.8 Å². The summed E-state index contributed by atoms with van der Waals surface area (Å²) in [7, 11) is 0. The van der Waals surface area contributed by atoms with Crippen molar-refractivity contribution in [1.82, 2.24) is 5.32 Å². The molecular formula is C25H20ClFN2O2S. The average molecular weight is 467 g/mol. The number of carbonyl (C=O) groups excluding carboxylic acids is 2. The molecule has 1 aliphatic heterocycles. The van der Waals surface area contributed by atoms with Gasteiger partial charge in [0.1, 0.15) is 5.82 Å². The summed E-state index contributed by atoms with van der Waals surface area (Å²) in [5.41, 5.74) is 2.16. The number of hydrogen-bond donors (Lipinski definition) is 1. The molecule has 0 bridgehead atoms. The molecule has 2 amide bonds. The second-order valence-corrected chi connectivity index (χ2v) is 8.75. The van der Waals surface area contributed by atoms with E-state index in [2.05, 4.69) is 5.32 Å². The van der Waals surface area contributed by atoms with Gasteiger partial charge in [-0.3, -0.25) is 9.59 Å².